The molecule has 2 atom stereocenters. The first-order valence-corrected chi connectivity index (χ1v) is 15.7. The van der Waals surface area contributed by atoms with E-state index in [-0.39, 0.29) is 24.8 Å². The highest BCUT2D eigenvalue weighted by Gasteiger charge is 2.43. The predicted octanol–water partition coefficient (Wildman–Crippen LogP) is 5.92. The molecule has 0 spiro atoms. The normalized spacial score (nSPS) is 19.2. The molecule has 0 aliphatic carbocycles. The molecule has 0 saturated heterocycles. The van der Waals surface area contributed by atoms with Gasteiger partial charge < -0.3 is 18.6 Å². The molecule has 0 radical (unpaired) electrons. The Hall–Kier alpha value is -1.88. The molecule has 0 aromatic carbocycles. The Kier molecular flexibility index (Phi) is 11.4. The molecule has 0 unspecified atom stereocenters. The molecule has 0 aromatic heterocycles. The Balaban J connectivity index is 3.50. The lowest BCUT2D eigenvalue weighted by Gasteiger charge is -2.44. The van der Waals surface area contributed by atoms with Gasteiger partial charge in [0.1, 0.15) is 17.2 Å². The summed E-state index contributed by atoms with van der Waals surface area (Å²) in [6.45, 7) is 26.1. The van der Waals surface area contributed by atoms with Gasteiger partial charge in [-0.3, -0.25) is 9.74 Å². The summed E-state index contributed by atoms with van der Waals surface area (Å²) in [5.41, 5.74) is -0.657. The van der Waals surface area contributed by atoms with Gasteiger partial charge in [-0.1, -0.05) is 32.9 Å². The summed E-state index contributed by atoms with van der Waals surface area (Å²) in [5, 5.41) is 1.17. The van der Waals surface area contributed by atoms with E-state index in [0.717, 1.165) is 5.57 Å². The first kappa shape index (κ1) is 33.1. The van der Waals surface area contributed by atoms with Gasteiger partial charge in [-0.15, -0.1) is 6.58 Å². The van der Waals surface area contributed by atoms with E-state index >= 15 is 0 Å². The maximum atomic E-state index is 13.4. The third-order valence-corrected chi connectivity index (χ3v) is 10.7. The zero-order chi connectivity index (χ0) is 28.8. The minimum absolute atomic E-state index is 0.00602. The number of amides is 2. The lowest BCUT2D eigenvalue weighted by molar-refractivity contribution is -0.161. The maximum Gasteiger partial charge on any atom is 0.435 e. The van der Waals surface area contributed by atoms with Crippen LogP contribution in [0.4, 0.5) is 9.59 Å². The molecule has 1 rings (SSSR count). The molecule has 0 bridgehead atoms. The van der Waals surface area contributed by atoms with Gasteiger partial charge in [0.2, 0.25) is 0 Å². The van der Waals surface area contributed by atoms with Gasteiger partial charge in [-0.25, -0.2) is 9.59 Å². The van der Waals surface area contributed by atoms with E-state index < -0.39 is 43.8 Å². The average molecular weight is 543 g/mol. The Morgan fingerprint density at radius 3 is 2.11 bits per heavy atom. The van der Waals surface area contributed by atoms with Crippen LogP contribution in [0.15, 0.2) is 24.3 Å². The fraction of sp³-hybridized carbons (Fsp3) is 0.778. The van der Waals surface area contributed by atoms with Crippen molar-refractivity contribution in [3.63, 3.8) is 0 Å². The van der Waals surface area contributed by atoms with Crippen molar-refractivity contribution >= 4 is 20.5 Å². The number of carbonyl (C=O) groups excluding carboxylic acids is 2. The summed E-state index contributed by atoms with van der Waals surface area (Å²) < 4.78 is 23.3. The van der Waals surface area contributed by atoms with Crippen LogP contribution in [0.3, 0.4) is 0 Å². The van der Waals surface area contributed by atoms with Gasteiger partial charge >= 0.3 is 12.2 Å². The molecule has 10 heteroatoms. The van der Waals surface area contributed by atoms with Crippen molar-refractivity contribution in [1.82, 2.24) is 9.96 Å². The van der Waals surface area contributed by atoms with Crippen LogP contribution >= 0.6 is 0 Å². The van der Waals surface area contributed by atoms with Crippen molar-refractivity contribution in [2.45, 2.75) is 104 Å². The van der Waals surface area contributed by atoms with Crippen LogP contribution in [0.2, 0.25) is 18.1 Å². The van der Waals surface area contributed by atoms with Crippen molar-refractivity contribution in [3.05, 3.63) is 24.3 Å². The van der Waals surface area contributed by atoms with Gasteiger partial charge in [0, 0.05) is 7.11 Å². The first-order chi connectivity index (χ1) is 16.7. The van der Waals surface area contributed by atoms with E-state index in [0.29, 0.717) is 6.61 Å². The van der Waals surface area contributed by atoms with Crippen LogP contribution in [-0.4, -0.2) is 87.2 Å². The SMILES string of the molecule is C=CCON(C(=O)OC(C)(C)C)[C@H]1CN(C(=O)OC(C)(C)C)[C@@H](CO[Si](C)(C)C(C)(C)C)C=C1COC. The zero-order valence-corrected chi connectivity index (χ0v) is 26.1. The number of nitrogens with zero attached hydrogens (tertiary/aromatic N) is 2. The van der Waals surface area contributed by atoms with Crippen LogP contribution in [-0.2, 0) is 23.5 Å². The van der Waals surface area contributed by atoms with Crippen LogP contribution in [0.25, 0.3) is 0 Å². The molecule has 1 heterocycles. The minimum Gasteiger partial charge on any atom is -0.444 e. The Labute approximate surface area is 225 Å². The van der Waals surface area contributed by atoms with Crippen molar-refractivity contribution in [2.75, 3.05) is 33.5 Å². The maximum absolute atomic E-state index is 13.4. The molecule has 214 valence electrons. The predicted molar refractivity (Wildman–Crippen MR) is 148 cm³/mol. The molecule has 0 N–H and O–H groups in total. The number of methoxy groups -OCH3 is 1. The molecule has 0 saturated carbocycles. The standard InChI is InChI=1S/C27H50N2O7Si/c1-14-15-33-29(24(31)36-26(5,6)7)22-17-28(23(30)35-25(2,3)4)21(16-20(22)18-32-11)19-34-37(12,13)27(8,9)10/h14,16,21-22H,1,15,17-19H2,2-13H3/t21-,22+/m1/s1. The van der Waals surface area contributed by atoms with Crippen LogP contribution in [0.5, 0.6) is 0 Å². The first-order valence-electron chi connectivity index (χ1n) is 12.8. The smallest absolute Gasteiger partial charge is 0.435 e. The molecular weight excluding hydrogens is 492 g/mol. The van der Waals surface area contributed by atoms with E-state index in [9.17, 15) is 9.59 Å². The Morgan fingerprint density at radius 2 is 1.65 bits per heavy atom. The highest BCUT2D eigenvalue weighted by Crippen LogP contribution is 2.37. The van der Waals surface area contributed by atoms with Gasteiger partial charge in [0.15, 0.2) is 8.32 Å². The molecule has 0 fully saturated rings. The third kappa shape index (κ3) is 10.4. The number of carbonyl (C=O) groups is 2. The summed E-state index contributed by atoms with van der Waals surface area (Å²) >= 11 is 0. The second-order valence-corrected chi connectivity index (χ2v) is 17.7. The molecule has 0 aromatic rings. The van der Waals surface area contributed by atoms with E-state index in [1.807, 2.05) is 26.8 Å². The lowest BCUT2D eigenvalue weighted by Crippen LogP contribution is -2.58. The largest absolute Gasteiger partial charge is 0.444 e. The zero-order valence-electron chi connectivity index (χ0n) is 25.1. The van der Waals surface area contributed by atoms with Crippen molar-refractivity contribution < 1.29 is 33.1 Å². The monoisotopic (exact) mass is 542 g/mol. The van der Waals surface area contributed by atoms with Crippen molar-refractivity contribution in [3.8, 4) is 0 Å². The van der Waals surface area contributed by atoms with Crippen molar-refractivity contribution in [1.29, 1.82) is 0 Å². The topological polar surface area (TPSA) is 86.8 Å². The molecule has 9 nitrogen and oxygen atoms in total. The quantitative estimate of drug-likeness (QED) is 0.203. The summed E-state index contributed by atoms with van der Waals surface area (Å²) in [5.74, 6) is 0. The second kappa shape index (κ2) is 12.8. The summed E-state index contributed by atoms with van der Waals surface area (Å²) in [4.78, 5) is 34.0. The molecular formula is C27H50N2O7Si. The van der Waals surface area contributed by atoms with Crippen LogP contribution in [0, 0.1) is 0 Å². The Morgan fingerprint density at radius 1 is 1.08 bits per heavy atom. The fourth-order valence-corrected chi connectivity index (χ4v) is 4.33. The van der Waals surface area contributed by atoms with Crippen LogP contribution in [0.1, 0.15) is 62.3 Å². The molecule has 37 heavy (non-hydrogen) atoms. The van der Waals surface area contributed by atoms with E-state index in [4.69, 9.17) is 23.5 Å². The van der Waals surface area contributed by atoms with Gasteiger partial charge in [-0.2, -0.15) is 5.06 Å². The van der Waals surface area contributed by atoms with E-state index in [1.54, 1.807) is 38.9 Å². The number of ether oxygens (including phenoxy) is 3. The summed E-state index contributed by atoms with van der Waals surface area (Å²) in [7, 11) is -0.516. The average Bonchev–Trinajstić information content (AvgIpc) is 2.70. The minimum atomic E-state index is -2.10. The highest BCUT2D eigenvalue weighted by atomic mass is 28.4. The number of hydrogen-bond donors (Lipinski definition) is 0. The lowest BCUT2D eigenvalue weighted by atomic mass is 9.98. The van der Waals surface area contributed by atoms with Gasteiger partial charge in [-0.05, 0) is 65.2 Å². The summed E-state index contributed by atoms with van der Waals surface area (Å²) in [6, 6.07) is -1.07. The third-order valence-electron chi connectivity index (χ3n) is 6.15. The van der Waals surface area contributed by atoms with E-state index in [1.165, 1.54) is 5.06 Å². The molecule has 1 aliphatic rings. The van der Waals surface area contributed by atoms with Gasteiger partial charge in [0.25, 0.3) is 0 Å². The Bertz CT molecular complexity index is 822. The number of hydroxylamine groups is 2. The van der Waals surface area contributed by atoms with Gasteiger partial charge in [0.05, 0.1) is 32.4 Å². The second-order valence-electron chi connectivity index (χ2n) is 12.9. The fourth-order valence-electron chi connectivity index (χ4n) is 3.31. The van der Waals surface area contributed by atoms with Crippen molar-refractivity contribution in [2.24, 2.45) is 0 Å². The molecule has 1 aliphatic heterocycles. The number of hydrogen-bond acceptors (Lipinski definition) is 7. The van der Waals surface area contributed by atoms with E-state index in [2.05, 4.69) is 40.4 Å². The summed E-state index contributed by atoms with van der Waals surface area (Å²) in [6.07, 6.45) is 2.30. The van der Waals surface area contributed by atoms with Crippen LogP contribution < -0.4 is 0 Å². The highest BCUT2D eigenvalue weighted by molar-refractivity contribution is 6.74. The number of rotatable bonds is 9. The molecule has 2 amide bonds.